The van der Waals surface area contributed by atoms with E-state index >= 15 is 0 Å². The van der Waals surface area contributed by atoms with Gasteiger partial charge in [-0.2, -0.15) is 0 Å². The van der Waals surface area contributed by atoms with Gasteiger partial charge in [0, 0.05) is 10.8 Å². The van der Waals surface area contributed by atoms with Gasteiger partial charge >= 0.3 is 0 Å². The quantitative estimate of drug-likeness (QED) is 0.891. The molecule has 0 radical (unpaired) electrons. The molecule has 1 aromatic heterocycles. The highest BCUT2D eigenvalue weighted by Crippen LogP contribution is 2.49. The van der Waals surface area contributed by atoms with Crippen LogP contribution in [0.5, 0.6) is 0 Å². The smallest absolute Gasteiger partial charge is 0.251 e. The number of nitrogens with two attached hydrogens (primary N) is 1. The maximum Gasteiger partial charge on any atom is 0.251 e. The molecule has 0 spiro atoms. The standard InChI is InChI=1S/C18H24N2O2S/c1-9-2-5-12-14(6-9)23-18(15(12)16(19)21)20-17(22)13-8-10-3-4-11(13)7-10/h9-11,13H,2-8H2,1H3,(H2,19,21)(H,20,22)/t9-,10+,11+,13+/m1/s1. The maximum atomic E-state index is 12.7. The zero-order chi connectivity index (χ0) is 16.1. The van der Waals surface area contributed by atoms with E-state index in [4.69, 9.17) is 5.73 Å². The van der Waals surface area contributed by atoms with E-state index in [0.29, 0.717) is 22.4 Å². The molecule has 2 amide bonds. The molecular weight excluding hydrogens is 308 g/mol. The lowest BCUT2D eigenvalue weighted by Gasteiger charge is -2.20. The van der Waals surface area contributed by atoms with Gasteiger partial charge in [0.25, 0.3) is 5.91 Å². The van der Waals surface area contributed by atoms with Crippen LogP contribution in [-0.2, 0) is 17.6 Å². The molecule has 0 unspecified atom stereocenters. The van der Waals surface area contributed by atoms with Crippen LogP contribution in [0, 0.1) is 23.7 Å². The third-order valence-electron chi connectivity index (χ3n) is 6.07. The molecule has 3 N–H and O–H groups in total. The Morgan fingerprint density at radius 2 is 2.04 bits per heavy atom. The van der Waals surface area contributed by atoms with Crippen molar-refractivity contribution < 1.29 is 9.59 Å². The van der Waals surface area contributed by atoms with Crippen molar-refractivity contribution in [3.63, 3.8) is 0 Å². The molecule has 2 bridgehead atoms. The second kappa shape index (κ2) is 5.62. The van der Waals surface area contributed by atoms with Crippen molar-refractivity contribution >= 4 is 28.2 Å². The molecule has 4 nitrogen and oxygen atoms in total. The molecule has 0 aliphatic heterocycles. The van der Waals surface area contributed by atoms with E-state index in [0.717, 1.165) is 37.2 Å². The van der Waals surface area contributed by atoms with Crippen molar-refractivity contribution in [2.75, 3.05) is 5.32 Å². The van der Waals surface area contributed by atoms with Crippen molar-refractivity contribution in [3.8, 4) is 0 Å². The number of carbonyl (C=O) groups is 2. The predicted molar refractivity (Wildman–Crippen MR) is 91.6 cm³/mol. The zero-order valence-corrected chi connectivity index (χ0v) is 14.4. The number of nitrogens with one attached hydrogen (secondary N) is 1. The van der Waals surface area contributed by atoms with Crippen molar-refractivity contribution in [2.24, 2.45) is 29.4 Å². The first-order valence-electron chi connectivity index (χ1n) is 8.78. The van der Waals surface area contributed by atoms with Crippen molar-refractivity contribution in [2.45, 2.75) is 51.9 Å². The van der Waals surface area contributed by atoms with Gasteiger partial charge in [-0.15, -0.1) is 11.3 Å². The number of carbonyl (C=O) groups excluding carboxylic acids is 2. The topological polar surface area (TPSA) is 72.2 Å². The highest BCUT2D eigenvalue weighted by atomic mass is 32.1. The number of primary amides is 1. The molecule has 124 valence electrons. The molecular formula is C18H24N2O2S. The first-order chi connectivity index (χ1) is 11.0. The van der Waals surface area contributed by atoms with Gasteiger partial charge in [-0.1, -0.05) is 13.3 Å². The second-order valence-electron chi connectivity index (χ2n) is 7.69. The summed E-state index contributed by atoms with van der Waals surface area (Å²) in [6.45, 7) is 2.24. The number of rotatable bonds is 3. The molecule has 2 fully saturated rings. The molecule has 0 aromatic carbocycles. The minimum absolute atomic E-state index is 0.103. The van der Waals surface area contributed by atoms with E-state index in [1.54, 1.807) is 11.3 Å². The summed E-state index contributed by atoms with van der Waals surface area (Å²) in [7, 11) is 0. The number of fused-ring (bicyclic) bond motifs is 3. The van der Waals surface area contributed by atoms with Gasteiger partial charge in [0.05, 0.1) is 5.56 Å². The number of hydrogen-bond donors (Lipinski definition) is 2. The SMILES string of the molecule is C[C@@H]1CCc2c(sc(NC(=O)[C@H]3C[C@H]4CC[C@H]3C4)c2C(N)=O)C1. The average Bonchev–Trinajstić information content (AvgIpc) is 3.18. The van der Waals surface area contributed by atoms with Gasteiger partial charge < -0.3 is 11.1 Å². The molecule has 23 heavy (non-hydrogen) atoms. The van der Waals surface area contributed by atoms with Crippen LogP contribution in [0.4, 0.5) is 5.00 Å². The van der Waals surface area contributed by atoms with Crippen LogP contribution in [0.25, 0.3) is 0 Å². The van der Waals surface area contributed by atoms with E-state index in [2.05, 4.69) is 12.2 Å². The van der Waals surface area contributed by atoms with Crippen LogP contribution < -0.4 is 11.1 Å². The van der Waals surface area contributed by atoms with Gasteiger partial charge in [0.1, 0.15) is 5.00 Å². The monoisotopic (exact) mass is 332 g/mol. The van der Waals surface area contributed by atoms with Crippen LogP contribution in [0.3, 0.4) is 0 Å². The van der Waals surface area contributed by atoms with E-state index in [1.165, 1.54) is 24.1 Å². The van der Waals surface area contributed by atoms with Crippen LogP contribution in [0.15, 0.2) is 0 Å². The molecule has 0 saturated heterocycles. The Morgan fingerprint density at radius 3 is 2.70 bits per heavy atom. The molecule has 1 aromatic rings. The highest BCUT2D eigenvalue weighted by Gasteiger charge is 2.43. The maximum absolute atomic E-state index is 12.7. The summed E-state index contributed by atoms with van der Waals surface area (Å²) < 4.78 is 0. The van der Waals surface area contributed by atoms with Crippen LogP contribution in [-0.4, -0.2) is 11.8 Å². The van der Waals surface area contributed by atoms with Crippen LogP contribution >= 0.6 is 11.3 Å². The first-order valence-corrected chi connectivity index (χ1v) is 9.59. The largest absolute Gasteiger partial charge is 0.365 e. The third kappa shape index (κ3) is 2.59. The van der Waals surface area contributed by atoms with E-state index in [-0.39, 0.29) is 11.8 Å². The van der Waals surface area contributed by atoms with Gasteiger partial charge in [-0.25, -0.2) is 0 Å². The Morgan fingerprint density at radius 1 is 1.22 bits per heavy atom. The van der Waals surface area contributed by atoms with Crippen molar-refractivity contribution in [1.82, 2.24) is 0 Å². The summed E-state index contributed by atoms with van der Waals surface area (Å²) in [5.41, 5.74) is 7.29. The normalized spacial score (nSPS) is 31.9. The second-order valence-corrected chi connectivity index (χ2v) is 8.80. The zero-order valence-electron chi connectivity index (χ0n) is 13.6. The lowest BCUT2D eigenvalue weighted by molar-refractivity contribution is -0.121. The third-order valence-corrected chi connectivity index (χ3v) is 7.24. The summed E-state index contributed by atoms with van der Waals surface area (Å²) in [5, 5.41) is 3.77. The Balaban J connectivity index is 1.59. The molecule has 1 heterocycles. The number of anilines is 1. The first kappa shape index (κ1) is 15.2. The highest BCUT2D eigenvalue weighted by molar-refractivity contribution is 7.17. The van der Waals surface area contributed by atoms with Crippen LogP contribution in [0.1, 0.15) is 59.8 Å². The summed E-state index contributed by atoms with van der Waals surface area (Å²) in [6.07, 6.45) is 7.67. The van der Waals surface area contributed by atoms with E-state index in [9.17, 15) is 9.59 Å². The minimum atomic E-state index is -0.403. The Hall–Kier alpha value is -1.36. The molecule has 3 aliphatic carbocycles. The fourth-order valence-electron chi connectivity index (χ4n) is 4.87. The molecule has 3 aliphatic rings. The lowest BCUT2D eigenvalue weighted by atomic mass is 9.87. The summed E-state index contributed by atoms with van der Waals surface area (Å²) in [4.78, 5) is 25.9. The Kier molecular flexibility index (Phi) is 3.71. The number of thiophene rings is 1. The predicted octanol–water partition coefficient (Wildman–Crippen LogP) is 3.35. The molecule has 4 rings (SSSR count). The molecule has 5 heteroatoms. The van der Waals surface area contributed by atoms with Gasteiger partial charge in [0.15, 0.2) is 0 Å². The summed E-state index contributed by atoms with van der Waals surface area (Å²) in [5.74, 6) is 1.76. The van der Waals surface area contributed by atoms with Crippen molar-refractivity contribution in [3.05, 3.63) is 16.0 Å². The number of amides is 2. The summed E-state index contributed by atoms with van der Waals surface area (Å²) in [6, 6.07) is 0. The van der Waals surface area contributed by atoms with E-state index in [1.807, 2.05) is 0 Å². The number of hydrogen-bond acceptors (Lipinski definition) is 3. The fraction of sp³-hybridized carbons (Fsp3) is 0.667. The van der Waals surface area contributed by atoms with Gasteiger partial charge in [0.2, 0.25) is 5.91 Å². The summed E-state index contributed by atoms with van der Waals surface area (Å²) >= 11 is 1.57. The Labute approximate surface area is 140 Å². The van der Waals surface area contributed by atoms with Gasteiger partial charge in [-0.05, 0) is 61.8 Å². The van der Waals surface area contributed by atoms with Crippen LogP contribution in [0.2, 0.25) is 0 Å². The molecule has 4 atom stereocenters. The molecule has 2 saturated carbocycles. The Bertz CT molecular complexity index is 666. The van der Waals surface area contributed by atoms with Crippen molar-refractivity contribution in [1.29, 1.82) is 0 Å². The van der Waals surface area contributed by atoms with E-state index < -0.39 is 5.91 Å². The van der Waals surface area contributed by atoms with Gasteiger partial charge in [-0.3, -0.25) is 9.59 Å². The lowest BCUT2D eigenvalue weighted by Crippen LogP contribution is -2.28. The minimum Gasteiger partial charge on any atom is -0.365 e. The fourth-order valence-corrected chi connectivity index (χ4v) is 6.29. The average molecular weight is 332 g/mol.